The summed E-state index contributed by atoms with van der Waals surface area (Å²) in [4.78, 5) is 24.9. The number of hydrogen-bond acceptors (Lipinski definition) is 10. The molecule has 22 heteroatoms. The number of anilines is 2. The quantitative estimate of drug-likeness (QED) is 0.0791. The van der Waals surface area contributed by atoms with Crippen LogP contribution in [0.25, 0.3) is 0 Å². The van der Waals surface area contributed by atoms with Gasteiger partial charge in [-0.05, 0) is 134 Å². The molecule has 4 atom stereocenters. The molecule has 8 rings (SSSR count). The van der Waals surface area contributed by atoms with Crippen LogP contribution in [-0.4, -0.2) is 63.4 Å². The van der Waals surface area contributed by atoms with Crippen molar-refractivity contribution in [2.24, 2.45) is 0 Å². The van der Waals surface area contributed by atoms with E-state index in [1.807, 2.05) is 12.1 Å². The molecule has 0 spiro atoms. The third-order valence-electron chi connectivity index (χ3n) is 13.0. The molecule has 404 valence electrons. The van der Waals surface area contributed by atoms with E-state index >= 15 is 0 Å². The van der Waals surface area contributed by atoms with Gasteiger partial charge in [0.2, 0.25) is 0 Å². The predicted octanol–water partition coefficient (Wildman–Crippen LogP) is 10.5. The number of carbonyl (C=O) groups is 2. The van der Waals surface area contributed by atoms with Crippen LogP contribution in [0.3, 0.4) is 0 Å². The van der Waals surface area contributed by atoms with E-state index in [9.17, 15) is 71.8 Å². The summed E-state index contributed by atoms with van der Waals surface area (Å²) in [6.45, 7) is 1.22. The molecule has 2 heterocycles. The van der Waals surface area contributed by atoms with Crippen molar-refractivity contribution in [3.8, 4) is 0 Å². The first kappa shape index (κ1) is 56.8. The Morgan fingerprint density at radius 1 is 0.526 bits per heavy atom. The number of benzene rings is 6. The molecular weight excluding hydrogens is 1050 g/mol. The van der Waals surface area contributed by atoms with E-state index in [0.29, 0.717) is 13.8 Å². The first-order valence-electron chi connectivity index (χ1n) is 23.5. The summed E-state index contributed by atoms with van der Waals surface area (Å²) in [7, 11) is -8.71. The van der Waals surface area contributed by atoms with Crippen molar-refractivity contribution in [2.75, 3.05) is 8.61 Å². The minimum absolute atomic E-state index is 0.0103. The van der Waals surface area contributed by atoms with Crippen LogP contribution >= 0.6 is 0 Å². The summed E-state index contributed by atoms with van der Waals surface area (Å²) in [5.74, 6) is -2.61. The van der Waals surface area contributed by atoms with Crippen LogP contribution in [-0.2, 0) is 76.4 Å². The van der Waals surface area contributed by atoms with Gasteiger partial charge in [0.1, 0.15) is 24.8 Å². The molecule has 0 bridgehead atoms. The first-order chi connectivity index (χ1) is 35.6. The molecule has 0 aromatic heterocycles. The van der Waals surface area contributed by atoms with Crippen molar-refractivity contribution in [1.82, 2.24) is 0 Å². The minimum Gasteiger partial charge on any atom is -0.461 e. The molecule has 12 nitrogen and oxygen atoms in total. The van der Waals surface area contributed by atoms with Crippen LogP contribution in [0, 0.1) is 11.6 Å². The van der Waals surface area contributed by atoms with E-state index in [0.717, 1.165) is 92.5 Å². The third-order valence-corrected chi connectivity index (χ3v) is 16.8. The van der Waals surface area contributed by atoms with E-state index in [-0.39, 0.29) is 84.0 Å². The Kier molecular flexibility index (Phi) is 16.7. The van der Waals surface area contributed by atoms with Gasteiger partial charge in [-0.25, -0.2) is 25.6 Å². The SMILES string of the molecule is CC(O)(c1ccc2c(c1)CC[C@@H](CC(=O)OCc1ccccc1)N2S(=O)(=O)c1ccc(F)cc1)C(F)(F)F.CC(O)(c1ccc2c(c1)CC[C@H](CC(=O)OCc1ccccc1)N2S(=O)(=O)c1ccc(F)cc1)C(F)(F)F. The van der Waals surface area contributed by atoms with E-state index in [2.05, 4.69) is 0 Å². The van der Waals surface area contributed by atoms with Gasteiger partial charge < -0.3 is 19.7 Å². The number of nitrogens with zero attached hydrogens (tertiary/aromatic N) is 2. The van der Waals surface area contributed by atoms with Crippen molar-refractivity contribution in [1.29, 1.82) is 0 Å². The Balaban J connectivity index is 0.000000221. The molecule has 0 aliphatic carbocycles. The van der Waals surface area contributed by atoms with E-state index in [1.165, 1.54) is 12.1 Å². The van der Waals surface area contributed by atoms with Crippen molar-refractivity contribution in [3.05, 3.63) is 191 Å². The Morgan fingerprint density at radius 3 is 1.17 bits per heavy atom. The highest BCUT2D eigenvalue weighted by Gasteiger charge is 2.53. The molecule has 6 aromatic rings. The fraction of sp³-hybridized carbons (Fsp3) is 0.296. The topological polar surface area (TPSA) is 168 Å². The number of alkyl halides is 6. The van der Waals surface area contributed by atoms with Crippen LogP contribution in [0.5, 0.6) is 0 Å². The van der Waals surface area contributed by atoms with Crippen molar-refractivity contribution >= 4 is 43.4 Å². The number of aliphatic hydroxyl groups is 2. The van der Waals surface area contributed by atoms with Crippen LogP contribution < -0.4 is 8.61 Å². The monoisotopic (exact) mass is 1100 g/mol. The van der Waals surface area contributed by atoms with Gasteiger partial charge in [-0.1, -0.05) is 84.9 Å². The van der Waals surface area contributed by atoms with Gasteiger partial charge in [-0.3, -0.25) is 18.2 Å². The van der Waals surface area contributed by atoms with Gasteiger partial charge in [-0.2, -0.15) is 26.3 Å². The number of aryl methyl sites for hydroxylation is 2. The van der Waals surface area contributed by atoms with E-state index < -0.39 is 90.4 Å². The van der Waals surface area contributed by atoms with Crippen LogP contribution in [0.4, 0.5) is 46.5 Å². The van der Waals surface area contributed by atoms with Gasteiger partial charge in [-0.15, -0.1) is 0 Å². The Labute approximate surface area is 433 Å². The lowest BCUT2D eigenvalue weighted by atomic mass is 9.89. The lowest BCUT2D eigenvalue weighted by Crippen LogP contribution is -2.45. The lowest BCUT2D eigenvalue weighted by Gasteiger charge is -2.38. The normalized spacial score (nSPS) is 17.4. The maximum atomic E-state index is 13.7. The molecule has 0 amide bonds. The molecule has 0 saturated carbocycles. The number of sulfonamides is 2. The maximum absolute atomic E-state index is 13.7. The van der Waals surface area contributed by atoms with Crippen LogP contribution in [0.1, 0.15) is 72.9 Å². The number of fused-ring (bicyclic) bond motifs is 2. The molecule has 2 unspecified atom stereocenters. The number of ether oxygens (including phenoxy) is 2. The number of rotatable bonds is 14. The molecule has 76 heavy (non-hydrogen) atoms. The average Bonchev–Trinajstić information content (AvgIpc) is 3.45. The molecule has 0 fully saturated rings. The van der Waals surface area contributed by atoms with Crippen LogP contribution in [0.15, 0.2) is 155 Å². The standard InChI is InChI=1S/2C27H25F4NO5S/c2*1-26(34,27(29,30)31)20-8-14-24-19(15-20)7-11-22(16-25(33)37-17-18-5-3-2-4-6-18)32(24)38(35,36)23-12-9-21(28)10-13-23/h2*2-6,8-10,12-15,22,34H,7,11,16-17H2,1H3/t2*22-,26?/m10/s1. The van der Waals surface area contributed by atoms with Gasteiger partial charge in [0.05, 0.1) is 46.1 Å². The zero-order valence-electron chi connectivity index (χ0n) is 40.6. The van der Waals surface area contributed by atoms with Gasteiger partial charge in [0.15, 0.2) is 11.2 Å². The number of hydrogen-bond donors (Lipinski definition) is 2. The van der Waals surface area contributed by atoms with Gasteiger partial charge in [0, 0.05) is 0 Å². The predicted molar refractivity (Wildman–Crippen MR) is 262 cm³/mol. The molecule has 2 N–H and O–H groups in total. The Bertz CT molecular complexity index is 3030. The molecular formula is C54H50F8N2O10S2. The fourth-order valence-electron chi connectivity index (χ4n) is 8.65. The van der Waals surface area contributed by atoms with Crippen molar-refractivity contribution in [3.63, 3.8) is 0 Å². The van der Waals surface area contributed by atoms with Crippen molar-refractivity contribution in [2.45, 2.75) is 111 Å². The smallest absolute Gasteiger partial charge is 0.421 e. The van der Waals surface area contributed by atoms with Crippen LogP contribution in [0.2, 0.25) is 0 Å². The number of carbonyl (C=O) groups excluding carboxylic acids is 2. The highest BCUT2D eigenvalue weighted by atomic mass is 32.2. The number of halogens is 8. The maximum Gasteiger partial charge on any atom is 0.421 e. The first-order valence-corrected chi connectivity index (χ1v) is 26.3. The Morgan fingerprint density at radius 2 is 0.855 bits per heavy atom. The average molecular weight is 1100 g/mol. The second-order valence-corrected chi connectivity index (χ2v) is 22.1. The summed E-state index contributed by atoms with van der Waals surface area (Å²) in [5, 5.41) is 20.2. The van der Waals surface area contributed by atoms with Gasteiger partial charge >= 0.3 is 24.3 Å². The molecule has 2 aliphatic heterocycles. The summed E-state index contributed by atoms with van der Waals surface area (Å²) in [6.07, 6.45) is -10.0. The highest BCUT2D eigenvalue weighted by Crippen LogP contribution is 2.45. The minimum atomic E-state index is -4.96. The molecule has 6 aromatic carbocycles. The highest BCUT2D eigenvalue weighted by molar-refractivity contribution is 7.93. The summed E-state index contributed by atoms with van der Waals surface area (Å²) >= 11 is 0. The lowest BCUT2D eigenvalue weighted by molar-refractivity contribution is -0.259. The Hall–Kier alpha value is -6.88. The number of esters is 2. The zero-order valence-corrected chi connectivity index (χ0v) is 42.2. The fourth-order valence-corrected chi connectivity index (χ4v) is 12.1. The van der Waals surface area contributed by atoms with E-state index in [1.54, 1.807) is 48.5 Å². The molecule has 0 saturated heterocycles. The van der Waals surface area contributed by atoms with E-state index in [4.69, 9.17) is 9.47 Å². The zero-order chi connectivity index (χ0) is 55.4. The summed E-state index contributed by atoms with van der Waals surface area (Å²) in [5.41, 5.74) is -5.04. The second kappa shape index (κ2) is 22.4. The largest absolute Gasteiger partial charge is 0.461 e. The van der Waals surface area contributed by atoms with Crippen molar-refractivity contribution < 1.29 is 81.2 Å². The molecule has 0 radical (unpaired) electrons. The van der Waals surface area contributed by atoms with Gasteiger partial charge in [0.25, 0.3) is 20.0 Å². The third kappa shape index (κ3) is 12.5. The summed E-state index contributed by atoms with van der Waals surface area (Å²) < 4.78 is 175. The summed E-state index contributed by atoms with van der Waals surface area (Å²) in [6, 6.07) is 30.8. The second-order valence-electron chi connectivity index (χ2n) is 18.4. The molecule has 2 aliphatic rings.